The third-order valence-electron chi connectivity index (χ3n) is 4.58. The summed E-state index contributed by atoms with van der Waals surface area (Å²) in [5.74, 6) is 0.474. The number of rotatable bonds is 5. The van der Waals surface area contributed by atoms with Crippen LogP contribution in [0.3, 0.4) is 0 Å². The fraction of sp³-hybridized carbons (Fsp3) is 0.136. The standard InChI is InChI=1S/C22H18N2OS2/c1-14-15(2)27-22-20(14)21(23-13-24-22)26-12-19(25)18-10-8-17(9-11-18)16-6-4-3-5-7-16/h3-11,13H,12H2,1-2H3. The van der Waals surface area contributed by atoms with Crippen molar-refractivity contribution >= 4 is 39.1 Å². The summed E-state index contributed by atoms with van der Waals surface area (Å²) in [4.78, 5) is 23.6. The number of ketones is 1. The molecule has 0 fully saturated rings. The molecule has 0 spiro atoms. The molecule has 4 rings (SSSR count). The third kappa shape index (κ3) is 3.66. The lowest BCUT2D eigenvalue weighted by molar-refractivity contribution is 0.102. The number of hydrogen-bond donors (Lipinski definition) is 0. The second-order valence-corrected chi connectivity index (χ2v) is 8.46. The highest BCUT2D eigenvalue weighted by molar-refractivity contribution is 8.00. The molecular formula is C22H18N2OS2. The smallest absolute Gasteiger partial charge is 0.173 e. The molecule has 0 radical (unpaired) electrons. The molecule has 134 valence electrons. The van der Waals surface area contributed by atoms with Crippen molar-refractivity contribution in [3.63, 3.8) is 0 Å². The summed E-state index contributed by atoms with van der Waals surface area (Å²) >= 11 is 3.16. The first-order valence-corrected chi connectivity index (χ1v) is 10.5. The largest absolute Gasteiger partial charge is 0.293 e. The number of aryl methyl sites for hydroxylation is 2. The zero-order valence-electron chi connectivity index (χ0n) is 15.1. The maximum absolute atomic E-state index is 12.6. The average molecular weight is 391 g/mol. The van der Waals surface area contributed by atoms with Gasteiger partial charge in [0, 0.05) is 15.8 Å². The van der Waals surface area contributed by atoms with E-state index in [0.717, 1.165) is 31.9 Å². The number of hydrogen-bond acceptors (Lipinski definition) is 5. The summed E-state index contributed by atoms with van der Waals surface area (Å²) in [6, 6.07) is 18.0. The Hall–Kier alpha value is -2.50. The number of thioether (sulfide) groups is 1. The Morgan fingerprint density at radius 3 is 2.41 bits per heavy atom. The zero-order chi connectivity index (χ0) is 18.8. The Labute approximate surface area is 166 Å². The van der Waals surface area contributed by atoms with E-state index >= 15 is 0 Å². The summed E-state index contributed by atoms with van der Waals surface area (Å²) in [6.07, 6.45) is 1.58. The maximum atomic E-state index is 12.6. The van der Waals surface area contributed by atoms with E-state index in [-0.39, 0.29) is 5.78 Å². The van der Waals surface area contributed by atoms with Gasteiger partial charge < -0.3 is 0 Å². The topological polar surface area (TPSA) is 42.9 Å². The van der Waals surface area contributed by atoms with Crippen molar-refractivity contribution in [2.75, 3.05) is 5.75 Å². The van der Waals surface area contributed by atoms with Gasteiger partial charge in [0.25, 0.3) is 0 Å². The molecule has 0 saturated heterocycles. The fourth-order valence-corrected chi connectivity index (χ4v) is 4.97. The Morgan fingerprint density at radius 2 is 1.67 bits per heavy atom. The first kappa shape index (κ1) is 17.9. The van der Waals surface area contributed by atoms with Gasteiger partial charge in [-0.15, -0.1) is 11.3 Å². The van der Waals surface area contributed by atoms with Crippen LogP contribution >= 0.6 is 23.1 Å². The van der Waals surface area contributed by atoms with E-state index in [9.17, 15) is 4.79 Å². The van der Waals surface area contributed by atoms with E-state index < -0.39 is 0 Å². The van der Waals surface area contributed by atoms with Crippen molar-refractivity contribution in [2.45, 2.75) is 18.9 Å². The quantitative estimate of drug-likeness (QED) is 0.240. The molecule has 3 nitrogen and oxygen atoms in total. The van der Waals surface area contributed by atoms with E-state index in [1.807, 2.05) is 42.5 Å². The zero-order valence-corrected chi connectivity index (χ0v) is 16.7. The lowest BCUT2D eigenvalue weighted by atomic mass is 10.0. The number of thiophene rings is 1. The van der Waals surface area contributed by atoms with Gasteiger partial charge in [0.15, 0.2) is 5.78 Å². The molecular weight excluding hydrogens is 372 g/mol. The van der Waals surface area contributed by atoms with Gasteiger partial charge in [0.05, 0.1) is 5.75 Å². The van der Waals surface area contributed by atoms with E-state index in [0.29, 0.717) is 5.75 Å². The number of carbonyl (C=O) groups is 1. The van der Waals surface area contributed by atoms with Gasteiger partial charge in [-0.1, -0.05) is 66.4 Å². The lowest BCUT2D eigenvalue weighted by Gasteiger charge is -2.05. The predicted molar refractivity (Wildman–Crippen MR) is 114 cm³/mol. The molecule has 0 aliphatic rings. The molecule has 2 aromatic carbocycles. The predicted octanol–water partition coefficient (Wildman–Crippen LogP) is 5.95. The number of nitrogens with zero attached hydrogens (tertiary/aromatic N) is 2. The first-order valence-electron chi connectivity index (χ1n) is 8.65. The van der Waals surface area contributed by atoms with E-state index in [2.05, 4.69) is 35.9 Å². The van der Waals surface area contributed by atoms with Crippen LogP contribution in [0.1, 0.15) is 20.8 Å². The molecule has 27 heavy (non-hydrogen) atoms. The van der Waals surface area contributed by atoms with Gasteiger partial charge in [-0.3, -0.25) is 4.79 Å². The maximum Gasteiger partial charge on any atom is 0.173 e. The molecule has 2 aromatic heterocycles. The second-order valence-electron chi connectivity index (χ2n) is 6.30. The number of fused-ring (bicyclic) bond motifs is 1. The number of Topliss-reactive ketones (excluding diaryl/α,β-unsaturated/α-hetero) is 1. The van der Waals surface area contributed by atoms with E-state index in [1.165, 1.54) is 22.2 Å². The van der Waals surface area contributed by atoms with Crippen molar-refractivity contribution in [2.24, 2.45) is 0 Å². The Bertz CT molecular complexity index is 1100. The van der Waals surface area contributed by atoms with Crippen LogP contribution in [0.2, 0.25) is 0 Å². The summed E-state index contributed by atoms with van der Waals surface area (Å²) in [6.45, 7) is 4.18. The fourth-order valence-electron chi connectivity index (χ4n) is 2.96. The van der Waals surface area contributed by atoms with Crippen molar-refractivity contribution in [1.29, 1.82) is 0 Å². The molecule has 0 aliphatic heterocycles. The average Bonchev–Trinajstić information content (AvgIpc) is 3.01. The second kappa shape index (κ2) is 7.62. The van der Waals surface area contributed by atoms with Crippen LogP contribution in [0.25, 0.3) is 21.3 Å². The van der Waals surface area contributed by atoms with Crippen LogP contribution in [0.15, 0.2) is 66.0 Å². The van der Waals surface area contributed by atoms with Crippen LogP contribution in [-0.2, 0) is 0 Å². The molecule has 0 amide bonds. The van der Waals surface area contributed by atoms with Gasteiger partial charge in [0.2, 0.25) is 0 Å². The Balaban J connectivity index is 1.50. The molecule has 0 aliphatic carbocycles. The SMILES string of the molecule is Cc1sc2ncnc(SCC(=O)c3ccc(-c4ccccc4)cc3)c2c1C. The first-order chi connectivity index (χ1) is 13.1. The molecule has 2 heterocycles. The summed E-state index contributed by atoms with van der Waals surface area (Å²) in [5.41, 5.74) is 4.20. The van der Waals surface area contributed by atoms with Crippen molar-refractivity contribution in [3.05, 3.63) is 76.9 Å². The van der Waals surface area contributed by atoms with Crippen LogP contribution in [0.4, 0.5) is 0 Å². The Kier molecular flexibility index (Phi) is 5.05. The normalized spacial score (nSPS) is 11.0. The van der Waals surface area contributed by atoms with Gasteiger partial charge in [-0.2, -0.15) is 0 Å². The van der Waals surface area contributed by atoms with Crippen molar-refractivity contribution < 1.29 is 4.79 Å². The number of aromatic nitrogens is 2. The Morgan fingerprint density at radius 1 is 0.963 bits per heavy atom. The van der Waals surface area contributed by atoms with Crippen molar-refractivity contribution in [1.82, 2.24) is 9.97 Å². The highest BCUT2D eigenvalue weighted by Crippen LogP contribution is 2.34. The van der Waals surface area contributed by atoms with Crippen LogP contribution < -0.4 is 0 Å². The van der Waals surface area contributed by atoms with Gasteiger partial charge in [0.1, 0.15) is 16.2 Å². The number of benzene rings is 2. The number of carbonyl (C=O) groups excluding carboxylic acids is 1. The van der Waals surface area contributed by atoms with Crippen LogP contribution in [0.5, 0.6) is 0 Å². The monoisotopic (exact) mass is 390 g/mol. The van der Waals surface area contributed by atoms with Gasteiger partial charge >= 0.3 is 0 Å². The summed E-state index contributed by atoms with van der Waals surface area (Å²) < 4.78 is 0. The molecule has 0 unspecified atom stereocenters. The van der Waals surface area contributed by atoms with E-state index in [4.69, 9.17) is 0 Å². The van der Waals surface area contributed by atoms with E-state index in [1.54, 1.807) is 17.7 Å². The molecule has 4 aromatic rings. The summed E-state index contributed by atoms with van der Waals surface area (Å²) in [7, 11) is 0. The highest BCUT2D eigenvalue weighted by Gasteiger charge is 2.14. The van der Waals surface area contributed by atoms with Crippen molar-refractivity contribution in [3.8, 4) is 11.1 Å². The minimum absolute atomic E-state index is 0.107. The van der Waals surface area contributed by atoms with Crippen LogP contribution in [-0.4, -0.2) is 21.5 Å². The molecule has 0 saturated carbocycles. The molecule has 5 heteroatoms. The van der Waals surface area contributed by atoms with Gasteiger partial charge in [-0.25, -0.2) is 9.97 Å². The van der Waals surface area contributed by atoms with Gasteiger partial charge in [-0.05, 0) is 30.5 Å². The highest BCUT2D eigenvalue weighted by atomic mass is 32.2. The summed E-state index contributed by atoms with van der Waals surface area (Å²) in [5, 5.41) is 1.97. The minimum Gasteiger partial charge on any atom is -0.293 e. The minimum atomic E-state index is 0.107. The third-order valence-corrected chi connectivity index (χ3v) is 6.69. The molecule has 0 N–H and O–H groups in total. The molecule has 0 atom stereocenters. The molecule has 0 bridgehead atoms. The van der Waals surface area contributed by atoms with Crippen LogP contribution in [0, 0.1) is 13.8 Å². The lowest BCUT2D eigenvalue weighted by Crippen LogP contribution is -2.02.